The molecule has 0 spiro atoms. The number of aryl methyl sites for hydroxylation is 1. The van der Waals surface area contributed by atoms with E-state index in [9.17, 15) is 0 Å². The fourth-order valence-electron chi connectivity index (χ4n) is 4.43. The summed E-state index contributed by atoms with van der Waals surface area (Å²) in [4.78, 5) is 2.63. The van der Waals surface area contributed by atoms with Crippen molar-refractivity contribution in [2.45, 2.75) is 25.7 Å². The minimum absolute atomic E-state index is 0.645. The fourth-order valence-corrected chi connectivity index (χ4v) is 4.43. The van der Waals surface area contributed by atoms with E-state index in [4.69, 9.17) is 9.84 Å². The molecule has 1 aromatic heterocycles. The molecule has 0 radical (unpaired) electrons. The van der Waals surface area contributed by atoms with Gasteiger partial charge in [0.05, 0.1) is 12.8 Å². The van der Waals surface area contributed by atoms with E-state index in [-0.39, 0.29) is 0 Å². The van der Waals surface area contributed by atoms with Gasteiger partial charge in [0.25, 0.3) is 0 Å². The molecule has 4 heteroatoms. The Kier molecular flexibility index (Phi) is 3.64. The number of hydrogen-bond donors (Lipinski definition) is 0. The lowest BCUT2D eigenvalue weighted by Gasteiger charge is -2.15. The highest BCUT2D eigenvalue weighted by molar-refractivity contribution is 5.68. The van der Waals surface area contributed by atoms with E-state index in [0.717, 1.165) is 17.4 Å². The zero-order valence-corrected chi connectivity index (χ0v) is 14.2. The highest BCUT2D eigenvalue weighted by Gasteiger charge is 2.43. The van der Waals surface area contributed by atoms with Crippen molar-refractivity contribution in [3.8, 4) is 17.0 Å². The number of ether oxygens (including phenoxy) is 1. The first-order chi connectivity index (χ1) is 11.2. The average molecular weight is 311 g/mol. The number of likely N-dealkylation sites (tertiary alicyclic amines) is 1. The Morgan fingerprint density at radius 3 is 2.96 bits per heavy atom. The Hall–Kier alpha value is -1.81. The smallest absolute Gasteiger partial charge is 0.119 e. The Morgan fingerprint density at radius 2 is 2.17 bits per heavy atom. The number of methoxy groups -OCH3 is 1. The fraction of sp³-hybridized carbons (Fsp3) is 0.526. The number of rotatable bonds is 4. The van der Waals surface area contributed by atoms with Crippen LogP contribution in [0.1, 0.15) is 30.5 Å². The third-order valence-corrected chi connectivity index (χ3v) is 5.43. The maximum Gasteiger partial charge on any atom is 0.119 e. The molecule has 1 saturated heterocycles. The molecule has 1 aromatic carbocycles. The molecule has 1 fully saturated rings. The Balaban J connectivity index is 1.73. The van der Waals surface area contributed by atoms with Gasteiger partial charge in [-0.1, -0.05) is 19.1 Å². The molecule has 0 N–H and O–H groups in total. The molecule has 2 aromatic rings. The molecule has 0 amide bonds. The molecule has 4 rings (SSSR count). The third kappa shape index (κ3) is 2.36. The lowest BCUT2D eigenvalue weighted by Crippen LogP contribution is -2.22. The topological polar surface area (TPSA) is 30.3 Å². The first-order valence-corrected chi connectivity index (χ1v) is 8.63. The summed E-state index contributed by atoms with van der Waals surface area (Å²) >= 11 is 0. The van der Waals surface area contributed by atoms with Crippen LogP contribution in [0.2, 0.25) is 0 Å². The molecular weight excluding hydrogens is 286 g/mol. The van der Waals surface area contributed by atoms with Crippen molar-refractivity contribution >= 4 is 0 Å². The van der Waals surface area contributed by atoms with E-state index < -0.39 is 0 Å². The van der Waals surface area contributed by atoms with Gasteiger partial charge in [-0.3, -0.25) is 4.68 Å². The highest BCUT2D eigenvalue weighted by Crippen LogP contribution is 2.47. The summed E-state index contributed by atoms with van der Waals surface area (Å²) in [6.07, 6.45) is 2.41. The van der Waals surface area contributed by atoms with Gasteiger partial charge in [-0.25, -0.2) is 0 Å². The molecule has 2 aliphatic rings. The average Bonchev–Trinajstić information content (AvgIpc) is 3.19. The lowest BCUT2D eigenvalue weighted by atomic mass is 9.94. The van der Waals surface area contributed by atoms with Gasteiger partial charge in [-0.05, 0) is 37.4 Å². The molecule has 2 atom stereocenters. The molecule has 4 nitrogen and oxygen atoms in total. The van der Waals surface area contributed by atoms with Gasteiger partial charge in [0.2, 0.25) is 0 Å². The van der Waals surface area contributed by atoms with Crippen molar-refractivity contribution in [3.63, 3.8) is 0 Å². The van der Waals surface area contributed by atoms with Gasteiger partial charge in [-0.2, -0.15) is 5.10 Å². The first-order valence-electron chi connectivity index (χ1n) is 8.63. The summed E-state index contributed by atoms with van der Waals surface area (Å²) in [7, 11) is 3.81. The molecular formula is C19H25N3O. The summed E-state index contributed by atoms with van der Waals surface area (Å²) in [5.41, 5.74) is 5.27. The Bertz CT molecular complexity index is 721. The van der Waals surface area contributed by atoms with Crippen LogP contribution in [0.4, 0.5) is 0 Å². The van der Waals surface area contributed by atoms with E-state index >= 15 is 0 Å². The van der Waals surface area contributed by atoms with Crippen LogP contribution >= 0.6 is 0 Å². The van der Waals surface area contributed by atoms with Crippen LogP contribution in [0.15, 0.2) is 24.3 Å². The summed E-state index contributed by atoms with van der Waals surface area (Å²) in [6.45, 7) is 5.92. The minimum atomic E-state index is 0.645. The van der Waals surface area contributed by atoms with Gasteiger partial charge in [0.15, 0.2) is 0 Å². The van der Waals surface area contributed by atoms with E-state index in [0.29, 0.717) is 5.92 Å². The quantitative estimate of drug-likeness (QED) is 0.869. The molecule has 0 bridgehead atoms. The van der Waals surface area contributed by atoms with Crippen molar-refractivity contribution in [1.29, 1.82) is 0 Å². The molecule has 0 unspecified atom stereocenters. The van der Waals surface area contributed by atoms with Gasteiger partial charge in [0.1, 0.15) is 5.75 Å². The highest BCUT2D eigenvalue weighted by atomic mass is 16.5. The monoisotopic (exact) mass is 311 g/mol. The van der Waals surface area contributed by atoms with Crippen LogP contribution in [0, 0.1) is 5.92 Å². The summed E-state index contributed by atoms with van der Waals surface area (Å²) in [6, 6.07) is 8.31. The van der Waals surface area contributed by atoms with E-state index in [2.05, 4.69) is 41.8 Å². The van der Waals surface area contributed by atoms with E-state index in [1.54, 1.807) is 7.11 Å². The first kappa shape index (κ1) is 14.8. The second-order valence-corrected chi connectivity index (χ2v) is 6.89. The predicted molar refractivity (Wildman–Crippen MR) is 91.9 cm³/mol. The van der Waals surface area contributed by atoms with Crippen LogP contribution in [-0.4, -0.2) is 41.4 Å². The summed E-state index contributed by atoms with van der Waals surface area (Å²) in [5.74, 6) is 2.31. The third-order valence-electron chi connectivity index (χ3n) is 5.43. The predicted octanol–water partition coefficient (Wildman–Crippen LogP) is 3.08. The second-order valence-electron chi connectivity index (χ2n) is 6.89. The zero-order chi connectivity index (χ0) is 16.0. The van der Waals surface area contributed by atoms with Crippen LogP contribution in [0.5, 0.6) is 5.75 Å². The maximum absolute atomic E-state index is 5.40. The van der Waals surface area contributed by atoms with Crippen molar-refractivity contribution < 1.29 is 4.74 Å². The van der Waals surface area contributed by atoms with Crippen molar-refractivity contribution in [2.24, 2.45) is 13.0 Å². The number of hydrogen-bond acceptors (Lipinski definition) is 3. The molecule has 122 valence electrons. The summed E-state index contributed by atoms with van der Waals surface area (Å²) < 4.78 is 7.50. The van der Waals surface area contributed by atoms with Crippen LogP contribution in [0.25, 0.3) is 11.3 Å². The molecule has 2 heterocycles. The number of nitrogens with zero attached hydrogens (tertiary/aromatic N) is 3. The van der Waals surface area contributed by atoms with Crippen LogP contribution in [-0.2, 0) is 13.5 Å². The van der Waals surface area contributed by atoms with E-state index in [1.807, 2.05) is 6.07 Å². The molecule has 0 saturated carbocycles. The number of aromatic nitrogens is 2. The van der Waals surface area contributed by atoms with Gasteiger partial charge in [0, 0.05) is 42.9 Å². The minimum Gasteiger partial charge on any atom is -0.497 e. The normalized spacial score (nSPS) is 23.1. The molecule has 1 aliphatic carbocycles. The standard InChI is InChI=1S/C19H25N3O/c1-4-8-22-11-14-10-17-18(16(14)12-22)19(20-21(17)2)13-6-5-7-15(9-13)23-3/h5-7,9,14,16H,4,8,10-12H2,1-3H3/t14-,16+/m0/s1. The Morgan fingerprint density at radius 1 is 1.30 bits per heavy atom. The Labute approximate surface area is 138 Å². The van der Waals surface area contributed by atoms with Crippen molar-refractivity contribution in [2.75, 3.05) is 26.7 Å². The van der Waals surface area contributed by atoms with Gasteiger partial charge >= 0.3 is 0 Å². The molecule has 1 aliphatic heterocycles. The SMILES string of the molecule is CCCN1C[C@@H]2Cc3c(c(-c4cccc(OC)c4)nn3C)[C@@H]2C1. The number of benzene rings is 1. The zero-order valence-electron chi connectivity index (χ0n) is 14.2. The largest absolute Gasteiger partial charge is 0.497 e. The summed E-state index contributed by atoms with van der Waals surface area (Å²) in [5, 5.41) is 4.85. The van der Waals surface area contributed by atoms with Gasteiger partial charge < -0.3 is 9.64 Å². The van der Waals surface area contributed by atoms with E-state index in [1.165, 1.54) is 49.3 Å². The van der Waals surface area contributed by atoms with Crippen LogP contribution in [0.3, 0.4) is 0 Å². The maximum atomic E-state index is 5.40. The van der Waals surface area contributed by atoms with Crippen molar-refractivity contribution in [3.05, 3.63) is 35.5 Å². The van der Waals surface area contributed by atoms with Crippen molar-refractivity contribution in [1.82, 2.24) is 14.7 Å². The second kappa shape index (κ2) is 5.68. The number of fused-ring (bicyclic) bond motifs is 3. The molecule has 23 heavy (non-hydrogen) atoms. The van der Waals surface area contributed by atoms with Gasteiger partial charge in [-0.15, -0.1) is 0 Å². The van der Waals surface area contributed by atoms with Crippen LogP contribution < -0.4 is 4.74 Å². The lowest BCUT2D eigenvalue weighted by molar-refractivity contribution is 0.321.